The van der Waals surface area contributed by atoms with Crippen LogP contribution in [0.1, 0.15) is 0 Å². The molecule has 0 atom stereocenters. The van der Waals surface area contributed by atoms with Crippen molar-refractivity contribution < 1.29 is 8.83 Å². The normalized spacial score (nSPS) is 11.8. The van der Waals surface area contributed by atoms with Crippen LogP contribution in [0.25, 0.3) is 122 Å². The molecule has 0 bridgehead atoms. The van der Waals surface area contributed by atoms with Crippen molar-refractivity contribution in [3.05, 3.63) is 188 Å². The Hall–Kier alpha value is -7.89. The number of aromatic nitrogens is 3. The van der Waals surface area contributed by atoms with E-state index in [1.807, 2.05) is 48.5 Å². The van der Waals surface area contributed by atoms with E-state index in [-0.39, 0.29) is 0 Å². The topological polar surface area (TPSA) is 65.0 Å². The van der Waals surface area contributed by atoms with Gasteiger partial charge < -0.3 is 8.83 Å². The van der Waals surface area contributed by atoms with E-state index in [0.29, 0.717) is 17.5 Å². The van der Waals surface area contributed by atoms with E-state index in [1.54, 1.807) is 0 Å². The fraction of sp³-hybridized carbons (Fsp3) is 0. The van der Waals surface area contributed by atoms with Crippen molar-refractivity contribution in [2.75, 3.05) is 0 Å². The summed E-state index contributed by atoms with van der Waals surface area (Å²) in [6.45, 7) is 0. The van der Waals surface area contributed by atoms with Gasteiger partial charge in [0.2, 0.25) is 0 Å². The highest BCUT2D eigenvalue weighted by Crippen LogP contribution is 2.40. The minimum Gasteiger partial charge on any atom is -0.456 e. The predicted octanol–water partition coefficient (Wildman–Crippen LogP) is 14.3. The van der Waals surface area contributed by atoms with Crippen molar-refractivity contribution in [2.24, 2.45) is 0 Å². The average Bonchev–Trinajstić information content (AvgIpc) is 3.86. The van der Waals surface area contributed by atoms with Gasteiger partial charge in [0.1, 0.15) is 22.3 Å². The Kier molecular flexibility index (Phi) is 7.16. The standard InChI is InChI=1S/C53H31N3O2/c1-2-12-32(13-3-1)33-14-10-15-36(28-33)51-54-52(56-53(55-51)44-20-11-23-48-50(44)43-19-7-9-22-47(43)57-48)42-27-26-38(39-16-4-5-17-40(39)42)35-25-24-34-30-45-41-18-6-8-21-46(41)58-49(45)31-37(34)29-35/h1-31H. The molecule has 0 spiro atoms. The van der Waals surface area contributed by atoms with Gasteiger partial charge in [0.05, 0.1) is 0 Å². The van der Waals surface area contributed by atoms with Crippen LogP contribution in [0.3, 0.4) is 0 Å². The molecule has 58 heavy (non-hydrogen) atoms. The SMILES string of the molecule is c1ccc(-c2cccc(-c3nc(-c4ccc(-c5ccc6cc7c(cc6c5)oc5ccccc57)c5ccccc45)nc(-c4cccc5oc6ccccc6c45)n3)c2)cc1. The van der Waals surface area contributed by atoms with Gasteiger partial charge in [0.25, 0.3) is 0 Å². The van der Waals surface area contributed by atoms with Crippen LogP contribution >= 0.6 is 0 Å². The molecule has 0 radical (unpaired) electrons. The molecule has 5 nitrogen and oxygen atoms in total. The quantitative estimate of drug-likeness (QED) is 0.176. The zero-order chi connectivity index (χ0) is 38.2. The van der Waals surface area contributed by atoms with Gasteiger partial charge in [-0.05, 0) is 92.3 Å². The maximum absolute atomic E-state index is 6.31. The minimum atomic E-state index is 0.585. The molecule has 5 heteroatoms. The molecule has 3 aromatic heterocycles. The highest BCUT2D eigenvalue weighted by molar-refractivity contribution is 6.13. The third-order valence-corrected chi connectivity index (χ3v) is 11.3. The molecule has 0 fully saturated rings. The zero-order valence-corrected chi connectivity index (χ0v) is 31.1. The molecule has 9 aromatic carbocycles. The number of nitrogens with zero attached hydrogens (tertiary/aromatic N) is 3. The lowest BCUT2D eigenvalue weighted by Gasteiger charge is -2.14. The third kappa shape index (κ3) is 5.21. The smallest absolute Gasteiger partial charge is 0.164 e. The Morgan fingerprint density at radius 1 is 0.276 bits per heavy atom. The average molecular weight is 742 g/mol. The van der Waals surface area contributed by atoms with Crippen LogP contribution in [0.15, 0.2) is 197 Å². The van der Waals surface area contributed by atoms with Crippen LogP contribution in [0.2, 0.25) is 0 Å². The molecular formula is C53H31N3O2. The second kappa shape index (κ2) is 12.8. The molecule has 12 aromatic rings. The van der Waals surface area contributed by atoms with Crippen LogP contribution in [-0.4, -0.2) is 15.0 Å². The first-order valence-electron chi connectivity index (χ1n) is 19.4. The number of para-hydroxylation sites is 2. The van der Waals surface area contributed by atoms with Crippen molar-refractivity contribution in [3.8, 4) is 56.4 Å². The summed E-state index contributed by atoms with van der Waals surface area (Å²) in [6.07, 6.45) is 0. The first kappa shape index (κ1) is 32.4. The van der Waals surface area contributed by atoms with Crippen molar-refractivity contribution in [3.63, 3.8) is 0 Å². The summed E-state index contributed by atoms with van der Waals surface area (Å²) >= 11 is 0. The fourth-order valence-electron chi connectivity index (χ4n) is 8.56. The number of rotatable bonds is 5. The van der Waals surface area contributed by atoms with Gasteiger partial charge in [-0.15, -0.1) is 0 Å². The number of hydrogen-bond donors (Lipinski definition) is 0. The number of furan rings is 2. The number of hydrogen-bond acceptors (Lipinski definition) is 5. The van der Waals surface area contributed by atoms with Crippen LogP contribution in [0.5, 0.6) is 0 Å². The van der Waals surface area contributed by atoms with Gasteiger partial charge in [-0.25, -0.2) is 15.0 Å². The second-order valence-electron chi connectivity index (χ2n) is 14.7. The van der Waals surface area contributed by atoms with Crippen LogP contribution < -0.4 is 0 Å². The van der Waals surface area contributed by atoms with Crippen molar-refractivity contribution in [1.82, 2.24) is 15.0 Å². The molecule has 0 unspecified atom stereocenters. The van der Waals surface area contributed by atoms with E-state index in [9.17, 15) is 0 Å². The minimum absolute atomic E-state index is 0.585. The molecule has 0 aliphatic rings. The first-order chi connectivity index (χ1) is 28.7. The summed E-state index contributed by atoms with van der Waals surface area (Å²) in [5.74, 6) is 1.78. The largest absolute Gasteiger partial charge is 0.456 e. The van der Waals surface area contributed by atoms with Crippen molar-refractivity contribution in [1.29, 1.82) is 0 Å². The summed E-state index contributed by atoms with van der Waals surface area (Å²) in [4.78, 5) is 15.7. The van der Waals surface area contributed by atoms with Gasteiger partial charge in [0, 0.05) is 38.2 Å². The molecule has 0 saturated heterocycles. The summed E-state index contributed by atoms with van der Waals surface area (Å²) in [5, 5.41) is 8.74. The zero-order valence-electron chi connectivity index (χ0n) is 31.1. The molecule has 3 heterocycles. The van der Waals surface area contributed by atoms with Gasteiger partial charge in [-0.1, -0.05) is 140 Å². The van der Waals surface area contributed by atoms with Gasteiger partial charge in [0.15, 0.2) is 17.5 Å². The van der Waals surface area contributed by atoms with Gasteiger partial charge >= 0.3 is 0 Å². The molecule has 0 aliphatic carbocycles. The Balaban J connectivity index is 1.05. The van der Waals surface area contributed by atoms with Gasteiger partial charge in [-0.2, -0.15) is 0 Å². The Morgan fingerprint density at radius 3 is 1.72 bits per heavy atom. The highest BCUT2D eigenvalue weighted by Gasteiger charge is 2.20. The predicted molar refractivity (Wildman–Crippen MR) is 237 cm³/mol. The Morgan fingerprint density at radius 2 is 0.879 bits per heavy atom. The van der Waals surface area contributed by atoms with Crippen LogP contribution in [0.4, 0.5) is 0 Å². The van der Waals surface area contributed by atoms with E-state index >= 15 is 0 Å². The summed E-state index contributed by atoms with van der Waals surface area (Å²) in [6, 6.07) is 65.2. The summed E-state index contributed by atoms with van der Waals surface area (Å²) in [5.41, 5.74) is 10.6. The van der Waals surface area contributed by atoms with E-state index < -0.39 is 0 Å². The molecule has 0 N–H and O–H groups in total. The van der Waals surface area contributed by atoms with E-state index in [0.717, 1.165) is 99.0 Å². The second-order valence-corrected chi connectivity index (χ2v) is 14.7. The van der Waals surface area contributed by atoms with Crippen molar-refractivity contribution in [2.45, 2.75) is 0 Å². The third-order valence-electron chi connectivity index (χ3n) is 11.3. The van der Waals surface area contributed by atoms with E-state index in [4.69, 9.17) is 23.8 Å². The maximum atomic E-state index is 6.31. The van der Waals surface area contributed by atoms with Crippen LogP contribution in [-0.2, 0) is 0 Å². The molecule has 0 aliphatic heterocycles. The molecule has 270 valence electrons. The lowest BCUT2D eigenvalue weighted by atomic mass is 9.93. The van der Waals surface area contributed by atoms with Crippen LogP contribution in [0, 0.1) is 0 Å². The Labute approximate surface area is 332 Å². The fourth-order valence-corrected chi connectivity index (χ4v) is 8.56. The number of fused-ring (bicyclic) bond motifs is 8. The molecular weight excluding hydrogens is 711 g/mol. The van der Waals surface area contributed by atoms with Gasteiger partial charge in [-0.3, -0.25) is 0 Å². The molecule has 0 saturated carbocycles. The Bertz CT molecular complexity index is 3580. The van der Waals surface area contributed by atoms with E-state index in [1.165, 1.54) is 5.39 Å². The molecule has 12 rings (SSSR count). The lowest BCUT2D eigenvalue weighted by molar-refractivity contribution is 0.669. The maximum Gasteiger partial charge on any atom is 0.164 e. The van der Waals surface area contributed by atoms with E-state index in [2.05, 4.69) is 140 Å². The molecule has 0 amide bonds. The summed E-state index contributed by atoms with van der Waals surface area (Å²) in [7, 11) is 0. The highest BCUT2D eigenvalue weighted by atomic mass is 16.3. The summed E-state index contributed by atoms with van der Waals surface area (Å²) < 4.78 is 12.6. The first-order valence-corrected chi connectivity index (χ1v) is 19.4. The number of benzene rings is 9. The lowest BCUT2D eigenvalue weighted by Crippen LogP contribution is -2.01. The van der Waals surface area contributed by atoms with Crippen molar-refractivity contribution >= 4 is 65.4 Å². The monoisotopic (exact) mass is 741 g/mol.